The molecule has 28 heavy (non-hydrogen) atoms. The lowest BCUT2D eigenvalue weighted by molar-refractivity contribution is 0.309. The van der Waals surface area contributed by atoms with E-state index >= 15 is 0 Å². The summed E-state index contributed by atoms with van der Waals surface area (Å²) in [6, 6.07) is 8.53. The molecule has 3 atom stereocenters. The van der Waals surface area contributed by atoms with Crippen molar-refractivity contribution in [1.82, 2.24) is 10.6 Å². The first kappa shape index (κ1) is 22.7. The van der Waals surface area contributed by atoms with Gasteiger partial charge in [-0.3, -0.25) is 4.21 Å². The first-order valence-corrected chi connectivity index (χ1v) is 12.2. The van der Waals surface area contributed by atoms with Gasteiger partial charge < -0.3 is 15.4 Å². The third kappa shape index (κ3) is 7.82. The Bertz CT molecular complexity index is 636. The molecule has 3 unspecified atom stereocenters. The maximum atomic E-state index is 12.2. The summed E-state index contributed by atoms with van der Waals surface area (Å²) in [6.45, 7) is 8.45. The van der Waals surface area contributed by atoms with Gasteiger partial charge in [0.2, 0.25) is 0 Å². The quantitative estimate of drug-likeness (QED) is 0.350. The molecular weight excluding hydrogens is 370 g/mol. The molecule has 0 amide bonds. The van der Waals surface area contributed by atoms with E-state index < -0.39 is 10.8 Å². The van der Waals surface area contributed by atoms with Crippen LogP contribution >= 0.6 is 0 Å². The molecule has 0 heterocycles. The van der Waals surface area contributed by atoms with E-state index in [4.69, 9.17) is 9.73 Å². The monoisotopic (exact) mass is 407 g/mol. The van der Waals surface area contributed by atoms with Crippen molar-refractivity contribution in [2.75, 3.05) is 18.9 Å². The number of ether oxygens (including phenoxy) is 1. The minimum absolute atomic E-state index is 0.316. The van der Waals surface area contributed by atoms with E-state index in [1.165, 1.54) is 0 Å². The van der Waals surface area contributed by atoms with Crippen LogP contribution in [0.2, 0.25) is 0 Å². The van der Waals surface area contributed by atoms with Crippen LogP contribution < -0.4 is 15.4 Å². The molecule has 1 aliphatic rings. The highest BCUT2D eigenvalue weighted by molar-refractivity contribution is 7.85. The van der Waals surface area contributed by atoms with E-state index in [2.05, 4.69) is 36.6 Å². The Hall–Kier alpha value is -1.56. The lowest BCUT2D eigenvalue weighted by atomic mass is 9.95. The Labute approximate surface area is 173 Å². The van der Waals surface area contributed by atoms with Crippen LogP contribution in [0.3, 0.4) is 0 Å². The second-order valence-electron chi connectivity index (χ2n) is 7.34. The number of nitrogens with zero attached hydrogens (tertiary/aromatic N) is 1. The molecule has 2 N–H and O–H groups in total. The van der Waals surface area contributed by atoms with Gasteiger partial charge in [-0.1, -0.05) is 38.8 Å². The topological polar surface area (TPSA) is 62.7 Å². The first-order valence-electron chi connectivity index (χ1n) is 10.8. The summed E-state index contributed by atoms with van der Waals surface area (Å²) in [5.41, 5.74) is 1.14. The number of nitrogens with one attached hydrogen (secondary N) is 2. The molecule has 0 spiro atoms. The number of rotatable bonds is 10. The van der Waals surface area contributed by atoms with E-state index in [-0.39, 0.29) is 0 Å². The first-order chi connectivity index (χ1) is 13.7. The van der Waals surface area contributed by atoms with Crippen LogP contribution in [-0.4, -0.2) is 40.4 Å². The van der Waals surface area contributed by atoms with Crippen LogP contribution in [-0.2, 0) is 17.3 Å². The molecule has 0 bridgehead atoms. The molecular formula is C22H37N3O2S. The Balaban J connectivity index is 1.94. The summed E-state index contributed by atoms with van der Waals surface area (Å²) in [4.78, 5) is 4.77. The molecule has 158 valence electrons. The second-order valence-corrected chi connectivity index (χ2v) is 9.35. The molecule has 6 heteroatoms. The molecule has 0 radical (unpaired) electrons. The number of unbranched alkanes of at least 4 members (excludes halogenated alkanes) is 1. The Morgan fingerprint density at radius 2 is 2.14 bits per heavy atom. The molecule has 0 saturated heterocycles. The average Bonchev–Trinajstić information content (AvgIpc) is 2.72. The Morgan fingerprint density at radius 1 is 1.29 bits per heavy atom. The molecule has 1 aromatic carbocycles. The van der Waals surface area contributed by atoms with Crippen molar-refractivity contribution in [2.45, 2.75) is 77.1 Å². The van der Waals surface area contributed by atoms with Crippen molar-refractivity contribution in [2.24, 2.45) is 4.99 Å². The van der Waals surface area contributed by atoms with Crippen molar-refractivity contribution in [3.8, 4) is 5.75 Å². The summed E-state index contributed by atoms with van der Waals surface area (Å²) in [5.74, 6) is 2.51. The number of guanidine groups is 1. The summed E-state index contributed by atoms with van der Waals surface area (Å²) < 4.78 is 18.0. The lowest BCUT2D eigenvalue weighted by Crippen LogP contribution is -2.46. The highest BCUT2D eigenvalue weighted by Crippen LogP contribution is 2.23. The van der Waals surface area contributed by atoms with Crippen molar-refractivity contribution < 1.29 is 8.95 Å². The van der Waals surface area contributed by atoms with E-state index in [9.17, 15) is 4.21 Å². The highest BCUT2D eigenvalue weighted by Gasteiger charge is 2.26. The second kappa shape index (κ2) is 12.8. The van der Waals surface area contributed by atoms with Gasteiger partial charge in [-0.15, -0.1) is 0 Å². The summed E-state index contributed by atoms with van der Waals surface area (Å²) >= 11 is 0. The molecule has 1 saturated carbocycles. The maximum Gasteiger partial charge on any atom is 0.191 e. The fourth-order valence-corrected chi connectivity index (χ4v) is 4.85. The van der Waals surface area contributed by atoms with Crippen molar-refractivity contribution >= 4 is 16.8 Å². The van der Waals surface area contributed by atoms with Crippen molar-refractivity contribution in [3.63, 3.8) is 0 Å². The third-order valence-electron chi connectivity index (χ3n) is 5.05. The van der Waals surface area contributed by atoms with Gasteiger partial charge in [0.1, 0.15) is 5.75 Å². The van der Waals surface area contributed by atoms with Crippen molar-refractivity contribution in [3.05, 3.63) is 29.8 Å². The van der Waals surface area contributed by atoms with Crippen LogP contribution in [0.5, 0.6) is 5.75 Å². The minimum atomic E-state index is -0.707. The Morgan fingerprint density at radius 3 is 2.89 bits per heavy atom. The van der Waals surface area contributed by atoms with Crippen LogP contribution in [0.15, 0.2) is 29.3 Å². The van der Waals surface area contributed by atoms with Gasteiger partial charge in [0.15, 0.2) is 5.96 Å². The fraction of sp³-hybridized carbons (Fsp3) is 0.682. The van der Waals surface area contributed by atoms with Crippen LogP contribution in [0.25, 0.3) is 0 Å². The minimum Gasteiger partial charge on any atom is -0.494 e. The molecule has 1 aromatic rings. The zero-order valence-electron chi connectivity index (χ0n) is 17.7. The molecule has 1 aliphatic carbocycles. The van der Waals surface area contributed by atoms with Gasteiger partial charge in [-0.2, -0.15) is 0 Å². The van der Waals surface area contributed by atoms with Crippen molar-refractivity contribution in [1.29, 1.82) is 0 Å². The normalized spacial score (nSPS) is 21.2. The fourth-order valence-electron chi connectivity index (χ4n) is 3.50. The highest BCUT2D eigenvalue weighted by atomic mass is 32.2. The number of hydrogen-bond donors (Lipinski definition) is 2. The maximum absolute atomic E-state index is 12.2. The molecule has 2 rings (SSSR count). The summed E-state index contributed by atoms with van der Waals surface area (Å²) in [7, 11) is -0.707. The van der Waals surface area contributed by atoms with Crippen LogP contribution in [0.4, 0.5) is 0 Å². The smallest absolute Gasteiger partial charge is 0.191 e. The molecule has 5 nitrogen and oxygen atoms in total. The predicted molar refractivity (Wildman–Crippen MR) is 120 cm³/mol. The van der Waals surface area contributed by atoms with Crippen LogP contribution in [0.1, 0.15) is 64.9 Å². The Kier molecular flexibility index (Phi) is 10.4. The number of benzene rings is 1. The number of aliphatic imine (C=N–C) groups is 1. The van der Waals surface area contributed by atoms with Gasteiger partial charge in [0, 0.05) is 34.4 Å². The number of hydrogen-bond acceptors (Lipinski definition) is 3. The van der Waals surface area contributed by atoms with E-state index in [1.54, 1.807) is 0 Å². The largest absolute Gasteiger partial charge is 0.494 e. The van der Waals surface area contributed by atoms with Gasteiger partial charge in [0.25, 0.3) is 0 Å². The van der Waals surface area contributed by atoms with E-state index in [0.717, 1.165) is 74.7 Å². The SMILES string of the molecule is CCCCOc1cccc(CN=C(NCC)NC2CCCC(S(=O)CC)C2)c1. The van der Waals surface area contributed by atoms with E-state index in [0.29, 0.717) is 17.8 Å². The van der Waals surface area contributed by atoms with E-state index in [1.807, 2.05) is 19.1 Å². The van der Waals surface area contributed by atoms with Gasteiger partial charge in [0.05, 0.1) is 13.2 Å². The zero-order chi connectivity index (χ0) is 20.2. The molecule has 0 aromatic heterocycles. The lowest BCUT2D eigenvalue weighted by Gasteiger charge is -2.30. The van der Waals surface area contributed by atoms with Gasteiger partial charge in [-0.25, -0.2) is 4.99 Å². The standard InChI is InChI=1S/C22H37N3O2S/c1-4-7-14-27-20-12-8-10-18(15-20)17-24-22(23-5-2)25-19-11-9-13-21(16-19)28(26)6-3/h8,10,12,15,19,21H,4-7,9,11,13-14,16-17H2,1-3H3,(H2,23,24,25). The average molecular weight is 408 g/mol. The zero-order valence-corrected chi connectivity index (χ0v) is 18.5. The summed E-state index contributed by atoms with van der Waals surface area (Å²) in [6.07, 6.45) is 6.49. The van der Waals surface area contributed by atoms with Crippen LogP contribution in [0, 0.1) is 0 Å². The molecule has 0 aliphatic heterocycles. The van der Waals surface area contributed by atoms with Gasteiger partial charge in [-0.05, 0) is 50.3 Å². The predicted octanol–water partition coefficient (Wildman–Crippen LogP) is 4.00. The van der Waals surface area contributed by atoms with Gasteiger partial charge >= 0.3 is 0 Å². The third-order valence-corrected chi connectivity index (χ3v) is 6.79. The summed E-state index contributed by atoms with van der Waals surface area (Å²) in [5, 5.41) is 7.23. The molecule has 1 fully saturated rings.